The molecule has 0 bridgehead atoms. The van der Waals surface area contributed by atoms with E-state index in [1.165, 1.54) is 65.0 Å². The molecule has 118 valence electrons. The minimum absolute atomic E-state index is 0.675. The van der Waals surface area contributed by atoms with E-state index in [2.05, 4.69) is 35.9 Å². The van der Waals surface area contributed by atoms with Crippen LogP contribution in [0, 0.1) is 11.8 Å². The SMILES string of the molecule is CC(C)CCC(C)NCCN1CCN(CC2CC2)CC1. The van der Waals surface area contributed by atoms with Crippen molar-refractivity contribution in [2.24, 2.45) is 11.8 Å². The van der Waals surface area contributed by atoms with Crippen molar-refractivity contribution in [1.82, 2.24) is 15.1 Å². The molecule has 2 aliphatic rings. The quantitative estimate of drug-likeness (QED) is 0.700. The lowest BCUT2D eigenvalue weighted by Crippen LogP contribution is -2.49. The van der Waals surface area contributed by atoms with Gasteiger partial charge in [-0.05, 0) is 44.4 Å². The Morgan fingerprint density at radius 2 is 1.60 bits per heavy atom. The summed E-state index contributed by atoms with van der Waals surface area (Å²) in [5.41, 5.74) is 0. The summed E-state index contributed by atoms with van der Waals surface area (Å²) in [7, 11) is 0. The van der Waals surface area contributed by atoms with Gasteiger partial charge < -0.3 is 10.2 Å². The van der Waals surface area contributed by atoms with Crippen molar-refractivity contribution in [3.63, 3.8) is 0 Å². The number of nitrogens with one attached hydrogen (secondary N) is 1. The van der Waals surface area contributed by atoms with Gasteiger partial charge in [-0.1, -0.05) is 13.8 Å². The molecule has 1 saturated carbocycles. The average molecular weight is 281 g/mol. The van der Waals surface area contributed by atoms with Crippen LogP contribution in [0.15, 0.2) is 0 Å². The molecule has 3 heteroatoms. The molecular formula is C17H35N3. The van der Waals surface area contributed by atoms with Gasteiger partial charge in [0.1, 0.15) is 0 Å². The summed E-state index contributed by atoms with van der Waals surface area (Å²) in [6, 6.07) is 0.675. The van der Waals surface area contributed by atoms with E-state index >= 15 is 0 Å². The van der Waals surface area contributed by atoms with Gasteiger partial charge in [0.15, 0.2) is 0 Å². The van der Waals surface area contributed by atoms with Gasteiger partial charge in [-0.2, -0.15) is 0 Å². The molecule has 20 heavy (non-hydrogen) atoms. The van der Waals surface area contributed by atoms with E-state index in [0.29, 0.717) is 6.04 Å². The van der Waals surface area contributed by atoms with Gasteiger partial charge in [0.05, 0.1) is 0 Å². The molecule has 0 aromatic rings. The Balaban J connectivity index is 1.47. The number of hydrogen-bond acceptors (Lipinski definition) is 3. The number of rotatable bonds is 9. The molecule has 0 aromatic heterocycles. The predicted octanol–water partition coefficient (Wildman–Crippen LogP) is 2.43. The minimum atomic E-state index is 0.675. The standard InChI is InChI=1S/C17H35N3/c1-15(2)4-5-16(3)18-8-9-19-10-12-20(13-11-19)14-17-6-7-17/h15-18H,4-14H2,1-3H3. The monoisotopic (exact) mass is 281 g/mol. The summed E-state index contributed by atoms with van der Waals surface area (Å²) in [4.78, 5) is 5.30. The molecule has 3 nitrogen and oxygen atoms in total. The van der Waals surface area contributed by atoms with Crippen LogP contribution in [-0.2, 0) is 0 Å². The summed E-state index contributed by atoms with van der Waals surface area (Å²) in [5.74, 6) is 1.88. The van der Waals surface area contributed by atoms with Crippen molar-refractivity contribution in [3.05, 3.63) is 0 Å². The maximum atomic E-state index is 3.68. The Morgan fingerprint density at radius 3 is 2.20 bits per heavy atom. The first kappa shape index (κ1) is 16.3. The van der Waals surface area contributed by atoms with Gasteiger partial charge in [-0.3, -0.25) is 4.90 Å². The van der Waals surface area contributed by atoms with Crippen LogP contribution in [0.25, 0.3) is 0 Å². The van der Waals surface area contributed by atoms with Crippen LogP contribution in [0.3, 0.4) is 0 Å². The minimum Gasteiger partial charge on any atom is -0.313 e. The normalized spacial score (nSPS) is 23.4. The van der Waals surface area contributed by atoms with Crippen molar-refractivity contribution in [3.8, 4) is 0 Å². The van der Waals surface area contributed by atoms with E-state index in [4.69, 9.17) is 0 Å². The molecule has 0 amide bonds. The Kier molecular flexibility index (Phi) is 6.79. The van der Waals surface area contributed by atoms with Crippen LogP contribution >= 0.6 is 0 Å². The lowest BCUT2D eigenvalue weighted by Gasteiger charge is -2.35. The van der Waals surface area contributed by atoms with E-state index in [1.54, 1.807) is 0 Å². The Bertz CT molecular complexity index is 255. The molecule has 1 heterocycles. The molecule has 1 unspecified atom stereocenters. The molecule has 2 fully saturated rings. The molecular weight excluding hydrogens is 246 g/mol. The van der Waals surface area contributed by atoms with E-state index in [-0.39, 0.29) is 0 Å². The second-order valence-electron chi connectivity index (χ2n) is 7.41. The van der Waals surface area contributed by atoms with Crippen molar-refractivity contribution in [2.75, 3.05) is 45.8 Å². The van der Waals surface area contributed by atoms with E-state index < -0.39 is 0 Å². The van der Waals surface area contributed by atoms with E-state index in [9.17, 15) is 0 Å². The van der Waals surface area contributed by atoms with Crippen LogP contribution in [0.5, 0.6) is 0 Å². The molecule has 0 aromatic carbocycles. The Hall–Kier alpha value is -0.120. The van der Waals surface area contributed by atoms with Gasteiger partial charge in [-0.15, -0.1) is 0 Å². The summed E-state index contributed by atoms with van der Waals surface area (Å²) in [6.45, 7) is 15.8. The number of piperazine rings is 1. The highest BCUT2D eigenvalue weighted by Crippen LogP contribution is 2.29. The molecule has 1 aliphatic heterocycles. The number of nitrogens with zero attached hydrogens (tertiary/aromatic N) is 2. The zero-order valence-corrected chi connectivity index (χ0v) is 13.9. The lowest BCUT2D eigenvalue weighted by molar-refractivity contribution is 0.128. The van der Waals surface area contributed by atoms with E-state index in [0.717, 1.165) is 18.4 Å². The lowest BCUT2D eigenvalue weighted by atomic mass is 10.0. The maximum Gasteiger partial charge on any atom is 0.0110 e. The van der Waals surface area contributed by atoms with Crippen LogP contribution in [0.2, 0.25) is 0 Å². The van der Waals surface area contributed by atoms with Crippen molar-refractivity contribution < 1.29 is 0 Å². The third-order valence-electron chi connectivity index (χ3n) is 4.78. The van der Waals surface area contributed by atoms with Gasteiger partial charge in [0, 0.05) is 51.9 Å². The first-order valence-corrected chi connectivity index (χ1v) is 8.81. The highest BCUT2D eigenvalue weighted by atomic mass is 15.3. The third kappa shape index (κ3) is 6.55. The van der Waals surface area contributed by atoms with Gasteiger partial charge in [0.25, 0.3) is 0 Å². The zero-order valence-electron chi connectivity index (χ0n) is 13.9. The molecule has 0 spiro atoms. The predicted molar refractivity (Wildman–Crippen MR) is 87.1 cm³/mol. The molecule has 1 saturated heterocycles. The fourth-order valence-electron chi connectivity index (χ4n) is 3.02. The van der Waals surface area contributed by atoms with Crippen LogP contribution in [-0.4, -0.2) is 61.7 Å². The molecule has 0 radical (unpaired) electrons. The first-order valence-electron chi connectivity index (χ1n) is 8.81. The summed E-state index contributed by atoms with van der Waals surface area (Å²) >= 11 is 0. The topological polar surface area (TPSA) is 18.5 Å². The largest absolute Gasteiger partial charge is 0.313 e. The smallest absolute Gasteiger partial charge is 0.0110 e. The number of hydrogen-bond donors (Lipinski definition) is 1. The molecule has 2 rings (SSSR count). The molecule has 1 atom stereocenters. The highest BCUT2D eigenvalue weighted by Gasteiger charge is 2.26. The van der Waals surface area contributed by atoms with Crippen LogP contribution < -0.4 is 5.32 Å². The van der Waals surface area contributed by atoms with E-state index in [1.807, 2.05) is 0 Å². The maximum absolute atomic E-state index is 3.68. The van der Waals surface area contributed by atoms with Crippen molar-refractivity contribution >= 4 is 0 Å². The Labute approximate surface area is 126 Å². The first-order chi connectivity index (χ1) is 9.63. The fourth-order valence-corrected chi connectivity index (χ4v) is 3.02. The summed E-state index contributed by atoms with van der Waals surface area (Å²) < 4.78 is 0. The summed E-state index contributed by atoms with van der Waals surface area (Å²) in [5, 5.41) is 3.68. The van der Waals surface area contributed by atoms with Crippen LogP contribution in [0.1, 0.15) is 46.5 Å². The second kappa shape index (κ2) is 8.35. The molecule has 1 aliphatic carbocycles. The van der Waals surface area contributed by atoms with Gasteiger partial charge in [-0.25, -0.2) is 0 Å². The zero-order chi connectivity index (χ0) is 14.4. The van der Waals surface area contributed by atoms with Crippen molar-refractivity contribution in [1.29, 1.82) is 0 Å². The van der Waals surface area contributed by atoms with Crippen LogP contribution in [0.4, 0.5) is 0 Å². The van der Waals surface area contributed by atoms with Gasteiger partial charge in [0.2, 0.25) is 0 Å². The fraction of sp³-hybridized carbons (Fsp3) is 1.00. The second-order valence-corrected chi connectivity index (χ2v) is 7.41. The molecule has 1 N–H and O–H groups in total. The third-order valence-corrected chi connectivity index (χ3v) is 4.78. The van der Waals surface area contributed by atoms with Gasteiger partial charge >= 0.3 is 0 Å². The Morgan fingerprint density at radius 1 is 0.950 bits per heavy atom. The highest BCUT2D eigenvalue weighted by molar-refractivity contribution is 4.80. The van der Waals surface area contributed by atoms with Crippen molar-refractivity contribution in [2.45, 2.75) is 52.5 Å². The average Bonchev–Trinajstić information content (AvgIpc) is 3.22. The summed E-state index contributed by atoms with van der Waals surface area (Å²) in [6.07, 6.45) is 5.62.